The molecule has 2 rings (SSSR count). The molecule has 0 amide bonds. The second-order valence-electron chi connectivity index (χ2n) is 3.56. The number of methoxy groups -OCH3 is 1. The molecule has 1 heterocycles. The first-order chi connectivity index (χ1) is 8.04. The van der Waals surface area contributed by atoms with E-state index in [2.05, 4.69) is 9.72 Å². The number of ether oxygens (including phenoxy) is 1. The molecule has 0 bridgehead atoms. The minimum Gasteiger partial charge on any atom is -0.465 e. The zero-order valence-corrected chi connectivity index (χ0v) is 9.25. The van der Waals surface area contributed by atoms with E-state index >= 15 is 0 Å². The molecule has 0 fully saturated rings. The van der Waals surface area contributed by atoms with Crippen molar-refractivity contribution in [1.82, 2.24) is 4.98 Å². The van der Waals surface area contributed by atoms with Crippen LogP contribution in [0.4, 0.5) is 8.78 Å². The van der Waals surface area contributed by atoms with Crippen molar-refractivity contribution in [2.24, 2.45) is 0 Å². The molecule has 0 aliphatic carbocycles. The van der Waals surface area contributed by atoms with E-state index in [-0.39, 0.29) is 16.5 Å². The number of benzene rings is 1. The molecule has 1 aromatic heterocycles. The Kier molecular flexibility index (Phi) is 2.75. The Hall–Kier alpha value is -2.04. The third kappa shape index (κ3) is 1.84. The molecular formula is C12H9F2NO2. The number of nitrogens with zero attached hydrogens (tertiary/aromatic N) is 1. The fourth-order valence-electron chi connectivity index (χ4n) is 1.59. The molecule has 0 saturated carbocycles. The van der Waals surface area contributed by atoms with Gasteiger partial charge < -0.3 is 4.74 Å². The van der Waals surface area contributed by atoms with Crippen molar-refractivity contribution >= 4 is 16.9 Å². The third-order valence-corrected chi connectivity index (χ3v) is 2.41. The SMILES string of the molecule is COC(=O)c1cc(F)c(F)c2ccc(C)nc12. The van der Waals surface area contributed by atoms with E-state index in [0.717, 1.165) is 6.07 Å². The first kappa shape index (κ1) is 11.4. The zero-order chi connectivity index (χ0) is 12.6. The molecule has 17 heavy (non-hydrogen) atoms. The van der Waals surface area contributed by atoms with Crippen molar-refractivity contribution in [2.75, 3.05) is 7.11 Å². The highest BCUT2D eigenvalue weighted by molar-refractivity contribution is 6.02. The molecule has 1 aromatic carbocycles. The molecule has 5 heteroatoms. The molecule has 0 aliphatic rings. The molecule has 0 aliphatic heterocycles. The van der Waals surface area contributed by atoms with Crippen molar-refractivity contribution < 1.29 is 18.3 Å². The van der Waals surface area contributed by atoms with E-state index in [1.165, 1.54) is 13.2 Å². The fourth-order valence-corrected chi connectivity index (χ4v) is 1.59. The standard InChI is InChI=1S/C12H9F2NO2/c1-6-3-4-7-10(14)9(13)5-8(11(7)15-6)12(16)17-2/h3-5H,1-2H3. The maximum atomic E-state index is 13.5. The lowest BCUT2D eigenvalue weighted by atomic mass is 10.1. The van der Waals surface area contributed by atoms with Gasteiger partial charge in [-0.1, -0.05) is 0 Å². The smallest absolute Gasteiger partial charge is 0.340 e. The monoisotopic (exact) mass is 237 g/mol. The number of fused-ring (bicyclic) bond motifs is 1. The number of carbonyl (C=O) groups is 1. The number of aromatic nitrogens is 1. The highest BCUT2D eigenvalue weighted by Crippen LogP contribution is 2.23. The van der Waals surface area contributed by atoms with E-state index in [9.17, 15) is 13.6 Å². The largest absolute Gasteiger partial charge is 0.465 e. The summed E-state index contributed by atoms with van der Waals surface area (Å²) in [5.41, 5.74) is 0.634. The van der Waals surface area contributed by atoms with Crippen molar-refractivity contribution in [2.45, 2.75) is 6.92 Å². The first-order valence-electron chi connectivity index (χ1n) is 4.88. The lowest BCUT2D eigenvalue weighted by molar-refractivity contribution is 0.0602. The molecular weight excluding hydrogens is 228 g/mol. The van der Waals surface area contributed by atoms with E-state index in [0.29, 0.717) is 5.69 Å². The van der Waals surface area contributed by atoms with Gasteiger partial charge in [0.25, 0.3) is 0 Å². The normalized spacial score (nSPS) is 10.6. The predicted molar refractivity (Wildman–Crippen MR) is 57.7 cm³/mol. The summed E-state index contributed by atoms with van der Waals surface area (Å²) in [7, 11) is 1.17. The number of aryl methyl sites for hydroxylation is 1. The second-order valence-corrected chi connectivity index (χ2v) is 3.56. The maximum Gasteiger partial charge on any atom is 0.340 e. The van der Waals surface area contributed by atoms with Crippen molar-refractivity contribution in [1.29, 1.82) is 0 Å². The summed E-state index contributed by atoms with van der Waals surface area (Å²) < 4.78 is 31.3. The van der Waals surface area contributed by atoms with Crippen LogP contribution >= 0.6 is 0 Å². The van der Waals surface area contributed by atoms with Crippen molar-refractivity contribution in [3.63, 3.8) is 0 Å². The highest BCUT2D eigenvalue weighted by Gasteiger charge is 2.18. The molecule has 0 unspecified atom stereocenters. The molecule has 2 aromatic rings. The van der Waals surface area contributed by atoms with Crippen LogP contribution in [0.3, 0.4) is 0 Å². The Morgan fingerprint density at radius 2 is 2.06 bits per heavy atom. The predicted octanol–water partition coefficient (Wildman–Crippen LogP) is 2.61. The van der Waals surface area contributed by atoms with Crippen molar-refractivity contribution in [3.8, 4) is 0 Å². The fraction of sp³-hybridized carbons (Fsp3) is 0.167. The Morgan fingerprint density at radius 3 is 2.71 bits per heavy atom. The average Bonchev–Trinajstić information content (AvgIpc) is 2.32. The van der Waals surface area contributed by atoms with Crippen LogP contribution < -0.4 is 0 Å². The zero-order valence-electron chi connectivity index (χ0n) is 9.25. The van der Waals surface area contributed by atoms with Crippen LogP contribution in [0, 0.1) is 18.6 Å². The van der Waals surface area contributed by atoms with E-state index in [1.807, 2.05) is 0 Å². The Bertz CT molecular complexity index is 611. The number of esters is 1. The van der Waals surface area contributed by atoms with Gasteiger partial charge in [0, 0.05) is 11.1 Å². The summed E-state index contributed by atoms with van der Waals surface area (Å²) in [5, 5.41) is -0.0315. The molecule has 0 radical (unpaired) electrons. The number of hydrogen-bond donors (Lipinski definition) is 0. The molecule has 0 atom stereocenters. The van der Waals surface area contributed by atoms with Crippen molar-refractivity contribution in [3.05, 3.63) is 41.1 Å². The van der Waals surface area contributed by atoms with Gasteiger partial charge in [0.05, 0.1) is 18.2 Å². The summed E-state index contributed by atoms with van der Waals surface area (Å²) in [5.74, 6) is -2.85. The van der Waals surface area contributed by atoms with Gasteiger partial charge in [0.1, 0.15) is 0 Å². The van der Waals surface area contributed by atoms with Gasteiger partial charge in [-0.3, -0.25) is 4.98 Å². The molecule has 0 saturated heterocycles. The summed E-state index contributed by atoms with van der Waals surface area (Å²) in [4.78, 5) is 15.5. The summed E-state index contributed by atoms with van der Waals surface area (Å²) in [6.07, 6.45) is 0. The molecule has 3 nitrogen and oxygen atoms in total. The summed E-state index contributed by atoms with van der Waals surface area (Å²) >= 11 is 0. The summed E-state index contributed by atoms with van der Waals surface area (Å²) in [6, 6.07) is 3.74. The number of carbonyl (C=O) groups excluding carboxylic acids is 1. The quantitative estimate of drug-likeness (QED) is 0.715. The van der Waals surface area contributed by atoms with E-state index in [1.54, 1.807) is 13.0 Å². The van der Waals surface area contributed by atoms with Gasteiger partial charge in [-0.05, 0) is 25.1 Å². The van der Waals surface area contributed by atoms with Gasteiger partial charge in [-0.15, -0.1) is 0 Å². The van der Waals surface area contributed by atoms with Crippen LogP contribution in [-0.4, -0.2) is 18.1 Å². The van der Waals surface area contributed by atoms with Crippen LogP contribution in [0.5, 0.6) is 0 Å². The summed E-state index contributed by atoms with van der Waals surface area (Å²) in [6.45, 7) is 1.70. The van der Waals surface area contributed by atoms with E-state index < -0.39 is 17.6 Å². The number of halogens is 2. The van der Waals surface area contributed by atoms with Gasteiger partial charge >= 0.3 is 5.97 Å². The Morgan fingerprint density at radius 1 is 1.35 bits per heavy atom. The second kappa shape index (κ2) is 4.08. The molecule has 0 spiro atoms. The first-order valence-corrected chi connectivity index (χ1v) is 4.88. The molecule has 88 valence electrons. The number of rotatable bonds is 1. The van der Waals surface area contributed by atoms with Crippen LogP contribution in [0.25, 0.3) is 10.9 Å². The maximum absolute atomic E-state index is 13.5. The topological polar surface area (TPSA) is 39.2 Å². The van der Waals surface area contributed by atoms with Gasteiger partial charge in [-0.2, -0.15) is 0 Å². The number of hydrogen-bond acceptors (Lipinski definition) is 3. The van der Waals surface area contributed by atoms with Crippen LogP contribution in [0.15, 0.2) is 18.2 Å². The molecule has 0 N–H and O–H groups in total. The highest BCUT2D eigenvalue weighted by atomic mass is 19.2. The third-order valence-electron chi connectivity index (χ3n) is 2.41. The lowest BCUT2D eigenvalue weighted by Crippen LogP contribution is -2.06. The van der Waals surface area contributed by atoms with Crippen LogP contribution in [0.2, 0.25) is 0 Å². The van der Waals surface area contributed by atoms with Crippen LogP contribution in [0.1, 0.15) is 16.1 Å². The minimum absolute atomic E-state index is 0.0315. The average molecular weight is 237 g/mol. The van der Waals surface area contributed by atoms with E-state index in [4.69, 9.17) is 0 Å². The Balaban J connectivity index is 2.87. The Labute approximate surface area is 96.0 Å². The number of pyridine rings is 1. The van der Waals surface area contributed by atoms with Crippen LogP contribution in [-0.2, 0) is 4.74 Å². The minimum atomic E-state index is -1.09. The van der Waals surface area contributed by atoms with Gasteiger partial charge in [0.15, 0.2) is 11.6 Å². The van der Waals surface area contributed by atoms with Gasteiger partial charge in [0.2, 0.25) is 0 Å². The van der Waals surface area contributed by atoms with Gasteiger partial charge in [-0.25, -0.2) is 13.6 Å². The lowest BCUT2D eigenvalue weighted by Gasteiger charge is -2.06.